The van der Waals surface area contributed by atoms with Gasteiger partial charge in [0.05, 0.1) is 6.54 Å². The standard InChI is InChI=1S/C11H14N2O3/c1-7-4-9-10(16-3-2-15-9)5-8(7)13-11(14)6-12/h4-5H,2-3,6,12H2,1H3,(H,13,14). The molecule has 1 aromatic rings. The van der Waals surface area contributed by atoms with E-state index < -0.39 is 0 Å². The number of hydrogen-bond donors (Lipinski definition) is 2. The van der Waals surface area contributed by atoms with Gasteiger partial charge in [-0.3, -0.25) is 4.79 Å². The fourth-order valence-electron chi connectivity index (χ4n) is 1.53. The zero-order valence-electron chi connectivity index (χ0n) is 9.08. The Kier molecular flexibility index (Phi) is 2.96. The molecule has 0 bridgehead atoms. The van der Waals surface area contributed by atoms with Gasteiger partial charge in [0.25, 0.3) is 0 Å². The van der Waals surface area contributed by atoms with Gasteiger partial charge < -0.3 is 20.5 Å². The van der Waals surface area contributed by atoms with E-state index in [2.05, 4.69) is 5.32 Å². The lowest BCUT2D eigenvalue weighted by atomic mass is 10.1. The van der Waals surface area contributed by atoms with Gasteiger partial charge in [-0.2, -0.15) is 0 Å². The lowest BCUT2D eigenvalue weighted by molar-refractivity contribution is -0.114. The maximum absolute atomic E-state index is 11.2. The largest absolute Gasteiger partial charge is 0.486 e. The van der Waals surface area contributed by atoms with E-state index in [9.17, 15) is 4.79 Å². The van der Waals surface area contributed by atoms with Crippen LogP contribution in [-0.2, 0) is 4.79 Å². The summed E-state index contributed by atoms with van der Waals surface area (Å²) in [6.07, 6.45) is 0. The highest BCUT2D eigenvalue weighted by Gasteiger charge is 2.14. The molecule has 0 radical (unpaired) electrons. The average Bonchev–Trinajstić information content (AvgIpc) is 2.30. The van der Waals surface area contributed by atoms with Crippen LogP contribution in [0.25, 0.3) is 0 Å². The van der Waals surface area contributed by atoms with Crippen molar-refractivity contribution in [2.45, 2.75) is 6.92 Å². The van der Waals surface area contributed by atoms with Crippen LogP contribution >= 0.6 is 0 Å². The summed E-state index contributed by atoms with van der Waals surface area (Å²) in [6, 6.07) is 3.61. The monoisotopic (exact) mass is 222 g/mol. The predicted molar refractivity (Wildman–Crippen MR) is 59.9 cm³/mol. The number of amides is 1. The minimum atomic E-state index is -0.222. The zero-order valence-corrected chi connectivity index (χ0v) is 9.08. The summed E-state index contributed by atoms with van der Waals surface area (Å²) in [6.45, 7) is 2.94. The quantitative estimate of drug-likeness (QED) is 0.771. The second-order valence-electron chi connectivity index (χ2n) is 3.56. The molecule has 0 aliphatic carbocycles. The first kappa shape index (κ1) is 10.8. The summed E-state index contributed by atoms with van der Waals surface area (Å²) < 4.78 is 10.9. The highest BCUT2D eigenvalue weighted by atomic mass is 16.6. The summed E-state index contributed by atoms with van der Waals surface area (Å²) in [5.74, 6) is 1.15. The van der Waals surface area contributed by atoms with Crippen molar-refractivity contribution in [2.75, 3.05) is 25.1 Å². The van der Waals surface area contributed by atoms with Crippen LogP contribution in [0.2, 0.25) is 0 Å². The van der Waals surface area contributed by atoms with Gasteiger partial charge in [0.1, 0.15) is 13.2 Å². The number of aryl methyl sites for hydroxylation is 1. The third-order valence-corrected chi connectivity index (χ3v) is 2.35. The minimum absolute atomic E-state index is 0.0338. The number of carbonyl (C=O) groups is 1. The Labute approximate surface area is 93.5 Å². The van der Waals surface area contributed by atoms with Gasteiger partial charge >= 0.3 is 0 Å². The van der Waals surface area contributed by atoms with Gasteiger partial charge in [-0.25, -0.2) is 0 Å². The molecule has 5 nitrogen and oxygen atoms in total. The van der Waals surface area contributed by atoms with Gasteiger partial charge in [-0.1, -0.05) is 0 Å². The fourth-order valence-corrected chi connectivity index (χ4v) is 1.53. The van der Waals surface area contributed by atoms with E-state index in [1.165, 1.54) is 0 Å². The third kappa shape index (κ3) is 2.09. The summed E-state index contributed by atoms with van der Waals surface area (Å²) >= 11 is 0. The van der Waals surface area contributed by atoms with Crippen LogP contribution in [0.4, 0.5) is 5.69 Å². The summed E-state index contributed by atoms with van der Waals surface area (Å²) in [7, 11) is 0. The highest BCUT2D eigenvalue weighted by Crippen LogP contribution is 2.35. The van der Waals surface area contributed by atoms with Crippen molar-refractivity contribution < 1.29 is 14.3 Å². The SMILES string of the molecule is Cc1cc2c(cc1NC(=O)CN)OCCO2. The number of rotatable bonds is 2. The van der Waals surface area contributed by atoms with E-state index in [-0.39, 0.29) is 12.5 Å². The minimum Gasteiger partial charge on any atom is -0.486 e. The highest BCUT2D eigenvalue weighted by molar-refractivity contribution is 5.93. The van der Waals surface area contributed by atoms with E-state index in [4.69, 9.17) is 15.2 Å². The third-order valence-electron chi connectivity index (χ3n) is 2.35. The molecular weight excluding hydrogens is 208 g/mol. The van der Waals surface area contributed by atoms with Gasteiger partial charge in [-0.05, 0) is 18.6 Å². The maximum atomic E-state index is 11.2. The molecule has 0 unspecified atom stereocenters. The smallest absolute Gasteiger partial charge is 0.238 e. The zero-order chi connectivity index (χ0) is 11.5. The normalized spacial score (nSPS) is 13.4. The predicted octanol–water partition coefficient (Wildman–Crippen LogP) is 0.663. The van der Waals surface area contributed by atoms with Crippen LogP contribution in [-0.4, -0.2) is 25.7 Å². The van der Waals surface area contributed by atoms with Gasteiger partial charge in [0.15, 0.2) is 11.5 Å². The van der Waals surface area contributed by atoms with E-state index in [1.807, 2.05) is 13.0 Å². The molecule has 16 heavy (non-hydrogen) atoms. The number of nitrogens with one attached hydrogen (secondary N) is 1. The first-order valence-electron chi connectivity index (χ1n) is 5.11. The van der Waals surface area contributed by atoms with Crippen LogP contribution in [0.3, 0.4) is 0 Å². The average molecular weight is 222 g/mol. The molecule has 1 aliphatic heterocycles. The lowest BCUT2D eigenvalue weighted by Crippen LogP contribution is -2.22. The number of fused-ring (bicyclic) bond motifs is 1. The van der Waals surface area contributed by atoms with Crippen molar-refractivity contribution in [3.05, 3.63) is 17.7 Å². The number of hydrogen-bond acceptors (Lipinski definition) is 4. The molecular formula is C11H14N2O3. The Balaban J connectivity index is 2.28. The molecule has 1 amide bonds. The summed E-state index contributed by atoms with van der Waals surface area (Å²) in [5, 5.41) is 2.71. The van der Waals surface area contributed by atoms with Crippen LogP contribution in [0.15, 0.2) is 12.1 Å². The number of ether oxygens (including phenoxy) is 2. The van der Waals surface area contributed by atoms with E-state index >= 15 is 0 Å². The van der Waals surface area contributed by atoms with Crippen LogP contribution < -0.4 is 20.5 Å². The van der Waals surface area contributed by atoms with Crippen molar-refractivity contribution >= 4 is 11.6 Å². The molecule has 86 valence electrons. The van der Waals surface area contributed by atoms with Crippen LogP contribution in [0, 0.1) is 6.92 Å². The molecule has 1 aromatic carbocycles. The molecule has 3 N–H and O–H groups in total. The topological polar surface area (TPSA) is 73.6 Å². The molecule has 0 fully saturated rings. The van der Waals surface area contributed by atoms with Crippen molar-refractivity contribution in [1.29, 1.82) is 0 Å². The van der Waals surface area contributed by atoms with Crippen LogP contribution in [0.1, 0.15) is 5.56 Å². The van der Waals surface area contributed by atoms with E-state index in [1.54, 1.807) is 6.07 Å². The van der Waals surface area contributed by atoms with Crippen molar-refractivity contribution in [3.63, 3.8) is 0 Å². The molecule has 0 aromatic heterocycles. The molecule has 0 atom stereocenters. The van der Waals surface area contributed by atoms with Gasteiger partial charge in [-0.15, -0.1) is 0 Å². The Morgan fingerprint density at radius 3 is 2.62 bits per heavy atom. The molecule has 0 saturated carbocycles. The van der Waals surface area contributed by atoms with E-state index in [0.29, 0.717) is 24.7 Å². The summed E-state index contributed by atoms with van der Waals surface area (Å²) in [4.78, 5) is 11.2. The van der Waals surface area contributed by atoms with Crippen molar-refractivity contribution in [2.24, 2.45) is 5.73 Å². The van der Waals surface area contributed by atoms with Crippen molar-refractivity contribution in [3.8, 4) is 11.5 Å². The number of anilines is 1. The number of benzene rings is 1. The summed E-state index contributed by atoms with van der Waals surface area (Å²) in [5.41, 5.74) is 6.87. The Morgan fingerprint density at radius 1 is 1.38 bits per heavy atom. The van der Waals surface area contributed by atoms with Gasteiger partial charge in [0.2, 0.25) is 5.91 Å². The second kappa shape index (κ2) is 4.40. The van der Waals surface area contributed by atoms with Crippen LogP contribution in [0.5, 0.6) is 11.5 Å². The number of carbonyl (C=O) groups excluding carboxylic acids is 1. The lowest BCUT2D eigenvalue weighted by Gasteiger charge is -2.20. The molecule has 0 spiro atoms. The molecule has 2 rings (SSSR count). The number of nitrogens with two attached hydrogens (primary N) is 1. The molecule has 1 heterocycles. The second-order valence-corrected chi connectivity index (χ2v) is 3.56. The fraction of sp³-hybridized carbons (Fsp3) is 0.364. The molecule has 0 saturated heterocycles. The Hall–Kier alpha value is -1.75. The Bertz CT molecular complexity index is 418. The van der Waals surface area contributed by atoms with Crippen molar-refractivity contribution in [1.82, 2.24) is 0 Å². The first-order chi connectivity index (χ1) is 7.70. The maximum Gasteiger partial charge on any atom is 0.238 e. The molecule has 5 heteroatoms. The first-order valence-corrected chi connectivity index (χ1v) is 5.11. The Morgan fingerprint density at radius 2 is 2.00 bits per heavy atom. The van der Waals surface area contributed by atoms with E-state index in [0.717, 1.165) is 11.3 Å². The molecule has 1 aliphatic rings. The van der Waals surface area contributed by atoms with Gasteiger partial charge in [0, 0.05) is 11.8 Å².